The van der Waals surface area contributed by atoms with E-state index in [-0.39, 0.29) is 11.8 Å². The molecule has 32 heavy (non-hydrogen) atoms. The third kappa shape index (κ3) is 6.59. The number of ether oxygens (including phenoxy) is 1. The van der Waals surface area contributed by atoms with Crippen molar-refractivity contribution in [1.29, 1.82) is 0 Å². The van der Waals surface area contributed by atoms with Gasteiger partial charge in [0.1, 0.15) is 5.76 Å². The Hall–Kier alpha value is -2.31. The first-order valence-electron chi connectivity index (χ1n) is 11.8. The fourth-order valence-electron chi connectivity index (χ4n) is 4.54. The standard InChI is InChI=1S/C26H39N3O3/c1-20-6-7-21(2)24(18-20)29-16-14-28(15-17-29)13-5-12-27-25(30)11-9-22-8-10-23(32-4)19-26(22,3)31/h6-8,10,18-19,22,31H,5,9,11-17H2,1-4H3,(H,27,30). The molecule has 6 heteroatoms. The molecule has 1 fully saturated rings. The van der Waals surface area contributed by atoms with Gasteiger partial charge in [-0.2, -0.15) is 0 Å². The Bertz CT molecular complexity index is 839. The van der Waals surface area contributed by atoms with Crippen LogP contribution < -0.4 is 10.2 Å². The molecule has 1 amide bonds. The summed E-state index contributed by atoms with van der Waals surface area (Å²) < 4.78 is 5.18. The van der Waals surface area contributed by atoms with E-state index in [0.29, 0.717) is 25.1 Å². The quantitative estimate of drug-likeness (QED) is 0.576. The molecule has 2 aliphatic rings. The zero-order chi connectivity index (χ0) is 23.1. The molecule has 176 valence electrons. The monoisotopic (exact) mass is 441 g/mol. The highest BCUT2D eigenvalue weighted by Crippen LogP contribution is 2.30. The van der Waals surface area contributed by atoms with E-state index >= 15 is 0 Å². The van der Waals surface area contributed by atoms with Crippen LogP contribution in [0.5, 0.6) is 0 Å². The maximum Gasteiger partial charge on any atom is 0.220 e. The second kappa shape index (κ2) is 11.0. The number of allylic oxidation sites excluding steroid dienone is 1. The lowest BCUT2D eigenvalue weighted by Crippen LogP contribution is -2.47. The summed E-state index contributed by atoms with van der Waals surface area (Å²) in [6, 6.07) is 6.67. The number of methoxy groups -OCH3 is 1. The molecule has 3 rings (SSSR count). The minimum atomic E-state index is -0.987. The molecule has 0 bridgehead atoms. The normalized spacial score (nSPS) is 23.7. The van der Waals surface area contributed by atoms with Gasteiger partial charge < -0.3 is 20.1 Å². The molecular formula is C26H39N3O3. The number of carbonyl (C=O) groups is 1. The van der Waals surface area contributed by atoms with Crippen molar-refractivity contribution in [3.05, 3.63) is 53.3 Å². The van der Waals surface area contributed by atoms with E-state index in [0.717, 1.165) is 39.1 Å². The molecule has 0 radical (unpaired) electrons. The Morgan fingerprint density at radius 1 is 1.25 bits per heavy atom. The second-order valence-electron chi connectivity index (χ2n) is 9.30. The van der Waals surface area contributed by atoms with E-state index in [2.05, 4.69) is 47.2 Å². The summed E-state index contributed by atoms with van der Waals surface area (Å²) in [6.07, 6.45) is 7.50. The summed E-state index contributed by atoms with van der Waals surface area (Å²) in [5.41, 5.74) is 3.02. The molecule has 6 nitrogen and oxygen atoms in total. The predicted molar refractivity (Wildman–Crippen MR) is 130 cm³/mol. The van der Waals surface area contributed by atoms with Crippen LogP contribution in [0.15, 0.2) is 42.2 Å². The van der Waals surface area contributed by atoms with Crippen molar-refractivity contribution in [3.8, 4) is 0 Å². The molecular weight excluding hydrogens is 402 g/mol. The smallest absolute Gasteiger partial charge is 0.220 e. The molecule has 1 aromatic rings. The fraction of sp³-hybridized carbons (Fsp3) is 0.577. The average Bonchev–Trinajstić information content (AvgIpc) is 2.77. The highest BCUT2D eigenvalue weighted by atomic mass is 16.5. The molecule has 1 aliphatic carbocycles. The summed E-state index contributed by atoms with van der Waals surface area (Å²) in [6.45, 7) is 12.0. The summed E-state index contributed by atoms with van der Waals surface area (Å²) in [5, 5.41) is 13.6. The third-order valence-electron chi connectivity index (χ3n) is 6.65. The average molecular weight is 442 g/mol. The van der Waals surface area contributed by atoms with Gasteiger partial charge in [0, 0.05) is 50.7 Å². The number of aliphatic hydroxyl groups is 1. The van der Waals surface area contributed by atoms with Gasteiger partial charge in [-0.3, -0.25) is 9.69 Å². The minimum Gasteiger partial charge on any atom is -0.497 e. The number of aryl methyl sites for hydroxylation is 2. The Morgan fingerprint density at radius 2 is 2.00 bits per heavy atom. The third-order valence-corrected chi connectivity index (χ3v) is 6.65. The summed E-state index contributed by atoms with van der Waals surface area (Å²) in [4.78, 5) is 17.2. The van der Waals surface area contributed by atoms with Crippen molar-refractivity contribution in [2.45, 2.75) is 45.6 Å². The summed E-state index contributed by atoms with van der Waals surface area (Å²) in [7, 11) is 1.59. The van der Waals surface area contributed by atoms with Gasteiger partial charge in [-0.05, 0) is 69.5 Å². The highest BCUT2D eigenvalue weighted by Gasteiger charge is 2.31. The maximum atomic E-state index is 12.3. The lowest BCUT2D eigenvalue weighted by Gasteiger charge is -2.37. The number of nitrogens with one attached hydrogen (secondary N) is 1. The topological polar surface area (TPSA) is 65.0 Å². The number of hydrogen-bond acceptors (Lipinski definition) is 5. The molecule has 0 saturated carbocycles. The van der Waals surface area contributed by atoms with Gasteiger partial charge in [-0.15, -0.1) is 0 Å². The van der Waals surface area contributed by atoms with Gasteiger partial charge in [-0.25, -0.2) is 0 Å². The van der Waals surface area contributed by atoms with E-state index in [1.54, 1.807) is 20.1 Å². The van der Waals surface area contributed by atoms with Gasteiger partial charge >= 0.3 is 0 Å². The van der Waals surface area contributed by atoms with Crippen LogP contribution in [0.25, 0.3) is 0 Å². The van der Waals surface area contributed by atoms with Crippen LogP contribution in [0, 0.1) is 19.8 Å². The Kier molecular flexibility index (Phi) is 8.38. The van der Waals surface area contributed by atoms with Crippen LogP contribution in [0.3, 0.4) is 0 Å². The number of carbonyl (C=O) groups excluding carboxylic acids is 1. The van der Waals surface area contributed by atoms with Crippen LogP contribution >= 0.6 is 0 Å². The Morgan fingerprint density at radius 3 is 2.69 bits per heavy atom. The zero-order valence-electron chi connectivity index (χ0n) is 20.1. The number of hydrogen-bond donors (Lipinski definition) is 2. The summed E-state index contributed by atoms with van der Waals surface area (Å²) in [5.74, 6) is 0.626. The first-order chi connectivity index (χ1) is 15.3. The van der Waals surface area contributed by atoms with Gasteiger partial charge in [0.05, 0.1) is 12.7 Å². The minimum absolute atomic E-state index is 0.0514. The van der Waals surface area contributed by atoms with Gasteiger partial charge in [0.2, 0.25) is 5.91 Å². The number of benzene rings is 1. The molecule has 0 spiro atoms. The predicted octanol–water partition coefficient (Wildman–Crippen LogP) is 3.18. The largest absolute Gasteiger partial charge is 0.497 e. The van der Waals surface area contributed by atoms with Gasteiger partial charge in [0.15, 0.2) is 0 Å². The highest BCUT2D eigenvalue weighted by molar-refractivity contribution is 5.75. The van der Waals surface area contributed by atoms with E-state index in [4.69, 9.17) is 4.74 Å². The van der Waals surface area contributed by atoms with Crippen LogP contribution in [0.2, 0.25) is 0 Å². The number of amides is 1. The summed E-state index contributed by atoms with van der Waals surface area (Å²) >= 11 is 0. The van der Waals surface area contributed by atoms with Gasteiger partial charge in [-0.1, -0.05) is 18.2 Å². The molecule has 1 heterocycles. The lowest BCUT2D eigenvalue weighted by atomic mass is 9.82. The van der Waals surface area contributed by atoms with Crippen molar-refractivity contribution in [1.82, 2.24) is 10.2 Å². The first kappa shape index (κ1) is 24.3. The lowest BCUT2D eigenvalue weighted by molar-refractivity contribution is -0.121. The molecule has 0 aromatic heterocycles. The second-order valence-corrected chi connectivity index (χ2v) is 9.30. The molecule has 2 unspecified atom stereocenters. The molecule has 1 aromatic carbocycles. The number of anilines is 1. The van der Waals surface area contributed by atoms with Crippen molar-refractivity contribution >= 4 is 11.6 Å². The van der Waals surface area contributed by atoms with Crippen molar-refractivity contribution in [3.63, 3.8) is 0 Å². The van der Waals surface area contributed by atoms with E-state index in [1.165, 1.54) is 16.8 Å². The zero-order valence-corrected chi connectivity index (χ0v) is 20.1. The van der Waals surface area contributed by atoms with Crippen LogP contribution in [-0.4, -0.2) is 67.9 Å². The number of rotatable bonds is 9. The van der Waals surface area contributed by atoms with E-state index in [1.807, 2.05) is 12.2 Å². The maximum absolute atomic E-state index is 12.3. The van der Waals surface area contributed by atoms with Crippen LogP contribution in [-0.2, 0) is 9.53 Å². The van der Waals surface area contributed by atoms with E-state index < -0.39 is 5.60 Å². The molecule has 1 saturated heterocycles. The van der Waals surface area contributed by atoms with Crippen LogP contribution in [0.4, 0.5) is 5.69 Å². The van der Waals surface area contributed by atoms with Crippen LogP contribution in [0.1, 0.15) is 37.3 Å². The number of nitrogens with zero attached hydrogens (tertiary/aromatic N) is 2. The first-order valence-corrected chi connectivity index (χ1v) is 11.8. The molecule has 2 atom stereocenters. The van der Waals surface area contributed by atoms with Crippen molar-refractivity contribution < 1.29 is 14.6 Å². The molecule has 1 aliphatic heterocycles. The Balaban J connectivity index is 1.31. The molecule has 2 N–H and O–H groups in total. The van der Waals surface area contributed by atoms with Gasteiger partial charge in [0.25, 0.3) is 0 Å². The number of piperazine rings is 1. The van der Waals surface area contributed by atoms with Crippen molar-refractivity contribution in [2.75, 3.05) is 51.3 Å². The van der Waals surface area contributed by atoms with E-state index in [9.17, 15) is 9.90 Å². The Labute approximate surface area is 192 Å². The SMILES string of the molecule is COC1=CC(C)(O)C(CCC(=O)NCCCN2CCN(c3cc(C)ccc3C)CC2)C=C1. The fourth-order valence-corrected chi connectivity index (χ4v) is 4.54. The van der Waals surface area contributed by atoms with Crippen molar-refractivity contribution in [2.24, 2.45) is 5.92 Å².